The Balaban J connectivity index is 1.43. The molecule has 1 spiro atoms. The lowest BCUT2D eigenvalue weighted by molar-refractivity contribution is -0.274. The highest BCUT2D eigenvalue weighted by Gasteiger charge is 2.52. The second kappa shape index (κ2) is 12.7. The van der Waals surface area contributed by atoms with Crippen LogP contribution in [0.2, 0.25) is 0 Å². The Morgan fingerprint density at radius 1 is 1.11 bits per heavy atom. The average Bonchev–Trinajstić information content (AvgIpc) is 3.61. The van der Waals surface area contributed by atoms with E-state index in [9.17, 15) is 22.8 Å². The molecule has 13 heteroatoms. The van der Waals surface area contributed by atoms with Gasteiger partial charge >= 0.3 is 6.36 Å². The molecule has 0 bridgehead atoms. The number of tetrazole rings is 1. The molecule has 2 N–H and O–H groups in total. The number of halogens is 3. The van der Waals surface area contributed by atoms with Gasteiger partial charge in [-0.25, -0.2) is 0 Å². The SMILES string of the molecule is CCCC(c1ccc(C(=O)NCc2nn[nH]n2)cc1)N1C(=O)C(c2ccc(OC(F)(F)F)cc2)=NC12CCC(C(C)C)CC2. The topological polar surface area (TPSA) is 125 Å². The number of carbonyl (C=O) groups is 2. The van der Waals surface area contributed by atoms with Crippen LogP contribution in [0, 0.1) is 11.8 Å². The van der Waals surface area contributed by atoms with Gasteiger partial charge in [0.1, 0.15) is 17.1 Å². The molecule has 5 rings (SSSR count). The quantitative estimate of drug-likeness (QED) is 0.301. The largest absolute Gasteiger partial charge is 0.573 e. The molecule has 2 aromatic carbocycles. The van der Waals surface area contributed by atoms with Crippen molar-refractivity contribution >= 4 is 17.5 Å². The number of rotatable bonds is 10. The van der Waals surface area contributed by atoms with E-state index in [0.29, 0.717) is 48.0 Å². The van der Waals surface area contributed by atoms with Gasteiger partial charge < -0.3 is 15.0 Å². The first-order valence-corrected chi connectivity index (χ1v) is 14.9. The Morgan fingerprint density at radius 2 is 1.80 bits per heavy atom. The predicted octanol–water partition coefficient (Wildman–Crippen LogP) is 5.74. The van der Waals surface area contributed by atoms with Gasteiger partial charge in [-0.3, -0.25) is 14.6 Å². The minimum Gasteiger partial charge on any atom is -0.406 e. The number of carbonyl (C=O) groups excluding carboxylic acids is 2. The first kappa shape index (κ1) is 31.1. The number of ether oxygens (including phenoxy) is 1. The number of aliphatic imine (C=N–C) groups is 1. The summed E-state index contributed by atoms with van der Waals surface area (Å²) in [4.78, 5) is 34.0. The molecule has 0 saturated heterocycles. The first-order chi connectivity index (χ1) is 21.0. The number of H-pyrrole nitrogens is 1. The van der Waals surface area contributed by atoms with Crippen LogP contribution in [0.1, 0.15) is 92.6 Å². The molecule has 1 saturated carbocycles. The molecule has 3 aromatic rings. The highest BCUT2D eigenvalue weighted by atomic mass is 19.4. The van der Waals surface area contributed by atoms with Gasteiger partial charge in [0.25, 0.3) is 11.8 Å². The molecule has 1 atom stereocenters. The zero-order valence-electron chi connectivity index (χ0n) is 24.9. The Morgan fingerprint density at radius 3 is 2.36 bits per heavy atom. The Bertz CT molecular complexity index is 1460. The number of hydrogen-bond donors (Lipinski definition) is 2. The molecule has 10 nitrogen and oxygen atoms in total. The first-order valence-electron chi connectivity index (χ1n) is 14.9. The number of alkyl halides is 3. The summed E-state index contributed by atoms with van der Waals surface area (Å²) >= 11 is 0. The molecule has 2 aliphatic rings. The van der Waals surface area contributed by atoms with Crippen LogP contribution in [-0.2, 0) is 11.3 Å². The molecule has 1 aliphatic heterocycles. The van der Waals surface area contributed by atoms with Gasteiger partial charge in [0.2, 0.25) is 0 Å². The molecule has 1 unspecified atom stereocenters. The van der Waals surface area contributed by atoms with E-state index >= 15 is 0 Å². The fraction of sp³-hybridized carbons (Fsp3) is 0.484. The third-order valence-corrected chi connectivity index (χ3v) is 8.55. The van der Waals surface area contributed by atoms with Crippen LogP contribution in [-0.4, -0.2) is 55.1 Å². The molecule has 1 fully saturated rings. The number of aromatic amines is 1. The van der Waals surface area contributed by atoms with Crippen LogP contribution in [0.15, 0.2) is 53.5 Å². The van der Waals surface area contributed by atoms with Crippen molar-refractivity contribution in [2.75, 3.05) is 0 Å². The van der Waals surface area contributed by atoms with Crippen LogP contribution in [0.4, 0.5) is 13.2 Å². The highest BCUT2D eigenvalue weighted by molar-refractivity contribution is 6.46. The minimum atomic E-state index is -4.81. The summed E-state index contributed by atoms with van der Waals surface area (Å²) in [5.41, 5.74) is 1.25. The van der Waals surface area contributed by atoms with E-state index < -0.39 is 12.0 Å². The monoisotopic (exact) mass is 611 g/mol. The van der Waals surface area contributed by atoms with Crippen molar-refractivity contribution in [1.82, 2.24) is 30.8 Å². The predicted molar refractivity (Wildman–Crippen MR) is 155 cm³/mol. The van der Waals surface area contributed by atoms with E-state index in [-0.39, 0.29) is 35.9 Å². The van der Waals surface area contributed by atoms with Crippen LogP contribution in [0.5, 0.6) is 5.75 Å². The standard InChI is InChI=1S/C31H36F3N7O3/c1-4-5-25(21-6-8-23(9-7-21)28(42)35-18-26-37-39-40-38-26)41-29(43)27(22-10-12-24(13-11-22)44-31(32,33)34)36-30(41)16-14-20(15-17-30)19(2)3/h6-13,19-20,25H,4-5,14-18H2,1-3H3,(H,35,42)(H,37,38,39,40). The maximum absolute atomic E-state index is 14.3. The van der Waals surface area contributed by atoms with E-state index in [1.54, 1.807) is 12.1 Å². The lowest BCUT2D eigenvalue weighted by Crippen LogP contribution is -2.51. The zero-order chi connectivity index (χ0) is 31.5. The van der Waals surface area contributed by atoms with Crippen LogP contribution < -0.4 is 10.1 Å². The van der Waals surface area contributed by atoms with Crippen molar-refractivity contribution in [1.29, 1.82) is 0 Å². The summed E-state index contributed by atoms with van der Waals surface area (Å²) in [5.74, 6) is 0.483. The van der Waals surface area contributed by atoms with Crippen molar-refractivity contribution in [2.24, 2.45) is 16.8 Å². The average molecular weight is 612 g/mol. The number of amides is 2. The Labute approximate surface area is 253 Å². The second-order valence-electron chi connectivity index (χ2n) is 11.7. The molecular weight excluding hydrogens is 575 g/mol. The van der Waals surface area contributed by atoms with E-state index in [1.165, 1.54) is 24.3 Å². The molecule has 2 amide bonds. The van der Waals surface area contributed by atoms with Gasteiger partial charge in [0.15, 0.2) is 5.82 Å². The van der Waals surface area contributed by atoms with Gasteiger partial charge in [-0.05, 0) is 85.9 Å². The smallest absolute Gasteiger partial charge is 0.406 e. The van der Waals surface area contributed by atoms with Crippen LogP contribution in [0.3, 0.4) is 0 Å². The summed E-state index contributed by atoms with van der Waals surface area (Å²) in [6.45, 7) is 6.59. The molecule has 1 aliphatic carbocycles. The summed E-state index contributed by atoms with van der Waals surface area (Å²) < 4.78 is 42.2. The number of aromatic nitrogens is 4. The molecular formula is C31H36F3N7O3. The van der Waals surface area contributed by atoms with Gasteiger partial charge in [0.05, 0.1) is 12.6 Å². The van der Waals surface area contributed by atoms with Crippen LogP contribution in [0.25, 0.3) is 0 Å². The molecule has 44 heavy (non-hydrogen) atoms. The molecule has 0 radical (unpaired) electrons. The number of nitrogens with one attached hydrogen (secondary N) is 2. The normalized spacial score (nSPS) is 21.1. The fourth-order valence-electron chi connectivity index (χ4n) is 6.26. The van der Waals surface area contributed by atoms with Crippen LogP contribution >= 0.6 is 0 Å². The van der Waals surface area contributed by atoms with Gasteiger partial charge in [-0.1, -0.05) is 44.5 Å². The molecule has 2 heterocycles. The van der Waals surface area contributed by atoms with Gasteiger partial charge in [0, 0.05) is 11.1 Å². The maximum atomic E-state index is 14.3. The van der Waals surface area contributed by atoms with E-state index in [4.69, 9.17) is 4.99 Å². The van der Waals surface area contributed by atoms with E-state index in [0.717, 1.165) is 24.8 Å². The Hall–Kier alpha value is -4.29. The fourth-order valence-corrected chi connectivity index (χ4v) is 6.26. The summed E-state index contributed by atoms with van der Waals surface area (Å²) in [7, 11) is 0. The van der Waals surface area contributed by atoms with Crippen molar-refractivity contribution in [3.05, 3.63) is 71.0 Å². The lowest BCUT2D eigenvalue weighted by atomic mass is 9.76. The minimum absolute atomic E-state index is 0.126. The summed E-state index contributed by atoms with van der Waals surface area (Å²) in [5, 5.41) is 16.2. The molecule has 234 valence electrons. The summed E-state index contributed by atoms with van der Waals surface area (Å²) in [6.07, 6.45) is -0.134. The number of hydrogen-bond acceptors (Lipinski definition) is 7. The second-order valence-corrected chi connectivity index (χ2v) is 11.7. The Kier molecular flexibility index (Phi) is 9.02. The molecule has 1 aromatic heterocycles. The van der Waals surface area contributed by atoms with E-state index in [2.05, 4.69) is 51.4 Å². The third-order valence-electron chi connectivity index (χ3n) is 8.55. The number of nitrogens with zero attached hydrogens (tertiary/aromatic N) is 5. The highest BCUT2D eigenvalue weighted by Crippen LogP contribution is 2.48. The lowest BCUT2D eigenvalue weighted by Gasteiger charge is -2.46. The van der Waals surface area contributed by atoms with Crippen molar-refractivity contribution < 1.29 is 27.5 Å². The maximum Gasteiger partial charge on any atom is 0.573 e. The van der Waals surface area contributed by atoms with E-state index in [1.807, 2.05) is 17.0 Å². The third kappa shape index (κ3) is 6.76. The van der Waals surface area contributed by atoms with Gasteiger partial charge in [-0.2, -0.15) is 5.21 Å². The van der Waals surface area contributed by atoms with Gasteiger partial charge in [-0.15, -0.1) is 23.4 Å². The van der Waals surface area contributed by atoms with Crippen molar-refractivity contribution in [3.63, 3.8) is 0 Å². The number of benzene rings is 2. The summed E-state index contributed by atoms with van der Waals surface area (Å²) in [6, 6.07) is 12.2. The van der Waals surface area contributed by atoms with Crippen molar-refractivity contribution in [2.45, 2.75) is 83.9 Å². The zero-order valence-corrected chi connectivity index (χ0v) is 24.9. The van der Waals surface area contributed by atoms with Crippen molar-refractivity contribution in [3.8, 4) is 5.75 Å².